The van der Waals surface area contributed by atoms with Gasteiger partial charge in [0, 0.05) is 19.3 Å². The normalized spacial score (nSPS) is 15.2. The Bertz CT molecular complexity index is 462. The molecule has 1 aromatic heterocycles. The van der Waals surface area contributed by atoms with E-state index in [1.54, 1.807) is 6.92 Å². The molecule has 1 heterocycles. The number of pyridine rings is 1. The number of aryl methyl sites for hydroxylation is 2. The fraction of sp³-hybridized carbons (Fsp3) is 0.538. The van der Waals surface area contributed by atoms with E-state index in [2.05, 4.69) is 11.1 Å². The second-order valence-corrected chi connectivity index (χ2v) is 4.66. The lowest BCUT2D eigenvalue weighted by Gasteiger charge is -2.21. The Kier molecular flexibility index (Phi) is 3.30. The molecule has 0 spiro atoms. The molecule has 0 bridgehead atoms. The molecule has 17 heavy (non-hydrogen) atoms. The highest BCUT2D eigenvalue weighted by Gasteiger charge is 2.18. The number of likely N-dealkylation sites (N-methyl/N-ethyl adjacent to an activating group) is 1. The number of nitriles is 1. The van der Waals surface area contributed by atoms with Crippen molar-refractivity contribution in [2.24, 2.45) is 0 Å². The number of aliphatic hydroxyl groups excluding tert-OH is 1. The predicted octanol–water partition coefficient (Wildman–Crippen LogP) is 1.26. The standard InChI is InChI=1S/C13H17N3O/c1-9(17)8-16(2)13-11(7-14)6-10-4-3-5-12(10)15-13/h6,9,17H,3-5,8H2,1-2H3. The van der Waals surface area contributed by atoms with Crippen molar-refractivity contribution in [1.29, 1.82) is 5.26 Å². The van der Waals surface area contributed by atoms with Gasteiger partial charge in [0.1, 0.15) is 11.9 Å². The van der Waals surface area contributed by atoms with Crippen LogP contribution in [0.3, 0.4) is 0 Å². The van der Waals surface area contributed by atoms with Crippen molar-refractivity contribution in [2.75, 3.05) is 18.5 Å². The summed E-state index contributed by atoms with van der Waals surface area (Å²) >= 11 is 0. The minimum absolute atomic E-state index is 0.429. The highest BCUT2D eigenvalue weighted by molar-refractivity contribution is 5.56. The first-order valence-corrected chi connectivity index (χ1v) is 5.94. The quantitative estimate of drug-likeness (QED) is 0.850. The summed E-state index contributed by atoms with van der Waals surface area (Å²) in [7, 11) is 1.86. The first-order valence-electron chi connectivity index (χ1n) is 5.94. The van der Waals surface area contributed by atoms with Crippen LogP contribution in [0.1, 0.15) is 30.2 Å². The smallest absolute Gasteiger partial charge is 0.146 e. The third kappa shape index (κ3) is 2.40. The summed E-state index contributed by atoms with van der Waals surface area (Å²) in [6.45, 7) is 2.22. The van der Waals surface area contributed by atoms with Crippen LogP contribution in [0.5, 0.6) is 0 Å². The molecule has 1 aliphatic rings. The number of aromatic nitrogens is 1. The van der Waals surface area contributed by atoms with Crippen molar-refractivity contribution in [3.63, 3.8) is 0 Å². The molecule has 0 amide bonds. The molecule has 1 aliphatic carbocycles. The highest BCUT2D eigenvalue weighted by Crippen LogP contribution is 2.26. The molecule has 4 heteroatoms. The number of fused-ring (bicyclic) bond motifs is 1. The number of anilines is 1. The SMILES string of the molecule is CC(O)CN(C)c1nc2c(cc1C#N)CCC2. The molecule has 2 rings (SSSR count). The van der Waals surface area contributed by atoms with Gasteiger partial charge in [-0.1, -0.05) is 0 Å². The summed E-state index contributed by atoms with van der Waals surface area (Å²) in [5.41, 5.74) is 2.92. The van der Waals surface area contributed by atoms with Crippen LogP contribution in [0, 0.1) is 11.3 Å². The molecule has 0 aliphatic heterocycles. The van der Waals surface area contributed by atoms with Crippen LogP contribution in [0.4, 0.5) is 5.82 Å². The van der Waals surface area contributed by atoms with E-state index >= 15 is 0 Å². The van der Waals surface area contributed by atoms with Gasteiger partial charge in [0.2, 0.25) is 0 Å². The van der Waals surface area contributed by atoms with Gasteiger partial charge in [-0.2, -0.15) is 5.26 Å². The van der Waals surface area contributed by atoms with E-state index in [0.29, 0.717) is 17.9 Å². The lowest BCUT2D eigenvalue weighted by Crippen LogP contribution is -2.28. The Morgan fingerprint density at radius 3 is 3.00 bits per heavy atom. The number of hydrogen-bond acceptors (Lipinski definition) is 4. The van der Waals surface area contributed by atoms with E-state index in [0.717, 1.165) is 25.0 Å². The van der Waals surface area contributed by atoms with Gasteiger partial charge in [-0.05, 0) is 37.8 Å². The molecule has 0 radical (unpaired) electrons. The molecule has 0 saturated heterocycles. The van der Waals surface area contributed by atoms with Crippen LogP contribution < -0.4 is 4.90 Å². The van der Waals surface area contributed by atoms with E-state index in [9.17, 15) is 5.11 Å². The third-order valence-corrected chi connectivity index (χ3v) is 3.05. The van der Waals surface area contributed by atoms with E-state index in [4.69, 9.17) is 5.26 Å². The van der Waals surface area contributed by atoms with Crippen LogP contribution in [0.2, 0.25) is 0 Å². The van der Waals surface area contributed by atoms with E-state index in [1.165, 1.54) is 5.56 Å². The summed E-state index contributed by atoms with van der Waals surface area (Å²) in [5, 5.41) is 18.5. The Labute approximate surface area is 102 Å². The van der Waals surface area contributed by atoms with Gasteiger partial charge in [-0.15, -0.1) is 0 Å². The van der Waals surface area contributed by atoms with Crippen molar-refractivity contribution in [1.82, 2.24) is 4.98 Å². The molecule has 4 nitrogen and oxygen atoms in total. The second-order valence-electron chi connectivity index (χ2n) is 4.66. The van der Waals surface area contributed by atoms with Gasteiger partial charge >= 0.3 is 0 Å². The zero-order valence-corrected chi connectivity index (χ0v) is 10.3. The maximum absolute atomic E-state index is 9.39. The van der Waals surface area contributed by atoms with Crippen molar-refractivity contribution in [3.05, 3.63) is 22.9 Å². The lowest BCUT2D eigenvalue weighted by atomic mass is 10.1. The maximum atomic E-state index is 9.39. The largest absolute Gasteiger partial charge is 0.392 e. The Morgan fingerprint density at radius 2 is 2.35 bits per heavy atom. The molecule has 1 N–H and O–H groups in total. The Morgan fingerprint density at radius 1 is 1.59 bits per heavy atom. The minimum Gasteiger partial charge on any atom is -0.392 e. The van der Waals surface area contributed by atoms with Gasteiger partial charge < -0.3 is 10.0 Å². The second kappa shape index (κ2) is 4.72. The third-order valence-electron chi connectivity index (χ3n) is 3.05. The summed E-state index contributed by atoms with van der Waals surface area (Å²) < 4.78 is 0. The van der Waals surface area contributed by atoms with Gasteiger partial charge in [-0.25, -0.2) is 4.98 Å². The average Bonchev–Trinajstić information content (AvgIpc) is 2.73. The van der Waals surface area contributed by atoms with Crippen molar-refractivity contribution in [3.8, 4) is 6.07 Å². The van der Waals surface area contributed by atoms with Gasteiger partial charge in [0.05, 0.1) is 11.7 Å². The molecule has 1 aromatic rings. The van der Waals surface area contributed by atoms with E-state index < -0.39 is 6.10 Å². The number of aliphatic hydroxyl groups is 1. The fourth-order valence-electron chi connectivity index (χ4n) is 2.32. The zero-order valence-electron chi connectivity index (χ0n) is 10.3. The van der Waals surface area contributed by atoms with Gasteiger partial charge in [0.15, 0.2) is 0 Å². The number of hydrogen-bond donors (Lipinski definition) is 1. The van der Waals surface area contributed by atoms with Crippen molar-refractivity contribution < 1.29 is 5.11 Å². The van der Waals surface area contributed by atoms with Crippen molar-refractivity contribution >= 4 is 5.82 Å². The topological polar surface area (TPSA) is 60.1 Å². The van der Waals surface area contributed by atoms with Crippen LogP contribution in [-0.2, 0) is 12.8 Å². The highest BCUT2D eigenvalue weighted by atomic mass is 16.3. The zero-order chi connectivity index (χ0) is 12.4. The van der Waals surface area contributed by atoms with Crippen LogP contribution in [-0.4, -0.2) is 29.8 Å². The Hall–Kier alpha value is -1.60. The first kappa shape index (κ1) is 11.9. The fourth-order valence-corrected chi connectivity index (χ4v) is 2.32. The predicted molar refractivity (Wildman–Crippen MR) is 65.9 cm³/mol. The molecule has 0 fully saturated rings. The van der Waals surface area contributed by atoms with Crippen LogP contribution >= 0.6 is 0 Å². The summed E-state index contributed by atoms with van der Waals surface area (Å²) in [4.78, 5) is 6.42. The summed E-state index contributed by atoms with van der Waals surface area (Å²) in [6, 6.07) is 4.14. The van der Waals surface area contributed by atoms with E-state index in [-0.39, 0.29) is 0 Å². The number of rotatable bonds is 3. The maximum Gasteiger partial charge on any atom is 0.146 e. The Balaban J connectivity index is 2.36. The molecule has 90 valence electrons. The summed E-state index contributed by atoms with van der Waals surface area (Å²) in [6.07, 6.45) is 2.71. The lowest BCUT2D eigenvalue weighted by molar-refractivity contribution is 0.201. The molecule has 1 atom stereocenters. The van der Waals surface area contributed by atoms with Crippen LogP contribution in [0.25, 0.3) is 0 Å². The van der Waals surface area contributed by atoms with E-state index in [1.807, 2.05) is 18.0 Å². The molecular formula is C13H17N3O. The monoisotopic (exact) mass is 231 g/mol. The molecule has 0 aromatic carbocycles. The average molecular weight is 231 g/mol. The first-order chi connectivity index (χ1) is 8.11. The summed E-state index contributed by atoms with van der Waals surface area (Å²) in [5.74, 6) is 0.689. The van der Waals surface area contributed by atoms with Gasteiger partial charge in [0.25, 0.3) is 0 Å². The van der Waals surface area contributed by atoms with Crippen molar-refractivity contribution in [2.45, 2.75) is 32.3 Å². The van der Waals surface area contributed by atoms with Crippen LogP contribution in [0.15, 0.2) is 6.07 Å². The number of nitrogens with zero attached hydrogens (tertiary/aromatic N) is 3. The molecule has 0 saturated carbocycles. The molecular weight excluding hydrogens is 214 g/mol. The minimum atomic E-state index is -0.429. The molecule has 1 unspecified atom stereocenters. The van der Waals surface area contributed by atoms with Gasteiger partial charge in [-0.3, -0.25) is 0 Å².